The van der Waals surface area contributed by atoms with Gasteiger partial charge in [-0.2, -0.15) is 5.10 Å². The van der Waals surface area contributed by atoms with Gasteiger partial charge in [0.25, 0.3) is 0 Å². The maximum atomic E-state index is 12.4. The fourth-order valence-electron chi connectivity index (χ4n) is 3.90. The van der Waals surface area contributed by atoms with Gasteiger partial charge in [-0.05, 0) is 61.0 Å². The van der Waals surface area contributed by atoms with E-state index in [0.717, 1.165) is 40.7 Å². The molecule has 1 aliphatic carbocycles. The Kier molecular flexibility index (Phi) is 5.26. The molecule has 1 aliphatic rings. The first-order chi connectivity index (χ1) is 16.1. The number of rotatable bonds is 6. The number of aliphatic imine (C=N–C) groups is 1. The molecule has 0 saturated heterocycles. The summed E-state index contributed by atoms with van der Waals surface area (Å²) < 4.78 is 6.95. The van der Waals surface area contributed by atoms with E-state index in [0.29, 0.717) is 28.9 Å². The molecule has 1 fully saturated rings. The molecule has 8 heteroatoms. The molecule has 0 spiro atoms. The monoisotopic (exact) mass is 440 g/mol. The Morgan fingerprint density at radius 2 is 1.88 bits per heavy atom. The Morgan fingerprint density at radius 3 is 2.58 bits per heavy atom. The summed E-state index contributed by atoms with van der Waals surface area (Å²) in [5, 5.41) is 11.0. The van der Waals surface area contributed by atoms with E-state index in [2.05, 4.69) is 33.5 Å². The van der Waals surface area contributed by atoms with Crippen LogP contribution in [-0.2, 0) is 7.05 Å². The van der Waals surface area contributed by atoms with Crippen LogP contribution in [0.5, 0.6) is 5.75 Å². The molecule has 0 atom stereocenters. The highest BCUT2D eigenvalue weighted by atomic mass is 16.5. The third-order valence-corrected chi connectivity index (χ3v) is 5.72. The average molecular weight is 441 g/mol. The van der Waals surface area contributed by atoms with Gasteiger partial charge >= 0.3 is 6.03 Å². The third-order valence-electron chi connectivity index (χ3n) is 5.72. The zero-order chi connectivity index (χ0) is 22.9. The lowest BCUT2D eigenvalue weighted by Gasteiger charge is -2.11. The van der Waals surface area contributed by atoms with Crippen LogP contribution in [0.15, 0.2) is 59.6 Å². The Hall–Kier alpha value is -4.20. The predicted molar refractivity (Wildman–Crippen MR) is 131 cm³/mol. The first-order valence-corrected chi connectivity index (χ1v) is 10.7. The number of aromatic nitrogens is 3. The van der Waals surface area contributed by atoms with Crippen LogP contribution in [0.4, 0.5) is 22.0 Å². The molecule has 1 saturated carbocycles. The summed E-state index contributed by atoms with van der Waals surface area (Å²) >= 11 is 0. The zero-order valence-corrected chi connectivity index (χ0v) is 18.5. The number of urea groups is 1. The predicted octanol–water partition coefficient (Wildman–Crippen LogP) is 5.50. The van der Waals surface area contributed by atoms with Crippen molar-refractivity contribution in [2.75, 3.05) is 17.7 Å². The largest absolute Gasteiger partial charge is 0.497 e. The molecule has 0 bridgehead atoms. The standard InChI is InChI=1S/C25H24N6O2/c1-26-23-22-20(14-21(16-7-8-16)29-24(22)31(2)30-23)15-9-11-17(12-10-15)27-25(32)28-18-5-4-6-19(13-18)33-3/h4-6,9-14,16H,1,7-8H2,2-3H3,(H2,27,28,32). The second kappa shape index (κ2) is 8.38. The highest BCUT2D eigenvalue weighted by molar-refractivity contribution is 6.02. The van der Waals surface area contributed by atoms with E-state index in [1.54, 1.807) is 23.9 Å². The third kappa shape index (κ3) is 4.15. The van der Waals surface area contributed by atoms with Crippen molar-refractivity contribution < 1.29 is 9.53 Å². The SMILES string of the molecule is C=Nc1nn(C)c2nc(C3CC3)cc(-c3ccc(NC(=O)Nc4cccc(OC)c4)cc3)c12. The quantitative estimate of drug-likeness (QED) is 0.387. The van der Waals surface area contributed by atoms with Gasteiger partial charge in [0, 0.05) is 36.1 Å². The molecule has 33 heavy (non-hydrogen) atoms. The van der Waals surface area contributed by atoms with Crippen molar-refractivity contribution in [2.45, 2.75) is 18.8 Å². The van der Waals surface area contributed by atoms with Crippen molar-refractivity contribution in [3.63, 3.8) is 0 Å². The van der Waals surface area contributed by atoms with Gasteiger partial charge in [-0.3, -0.25) is 0 Å². The highest BCUT2D eigenvalue weighted by Gasteiger charge is 2.27. The summed E-state index contributed by atoms with van der Waals surface area (Å²) in [7, 11) is 3.46. The molecule has 2 amide bonds. The van der Waals surface area contributed by atoms with Crippen LogP contribution in [0.25, 0.3) is 22.2 Å². The van der Waals surface area contributed by atoms with Gasteiger partial charge in [0.05, 0.1) is 12.5 Å². The normalized spacial score (nSPS) is 13.0. The molecule has 2 N–H and O–H groups in total. The number of amides is 2. The summed E-state index contributed by atoms with van der Waals surface area (Å²) in [5.74, 6) is 1.75. The number of pyridine rings is 1. The van der Waals surface area contributed by atoms with Gasteiger partial charge in [-0.25, -0.2) is 19.5 Å². The smallest absolute Gasteiger partial charge is 0.323 e. The van der Waals surface area contributed by atoms with Crippen LogP contribution in [0.3, 0.4) is 0 Å². The fourth-order valence-corrected chi connectivity index (χ4v) is 3.90. The molecule has 5 rings (SSSR count). The highest BCUT2D eigenvalue weighted by Crippen LogP contribution is 2.43. The number of hydrogen-bond acceptors (Lipinski definition) is 5. The Balaban J connectivity index is 1.41. The molecular formula is C25H24N6O2. The molecule has 166 valence electrons. The molecule has 2 aromatic carbocycles. The lowest BCUT2D eigenvalue weighted by Crippen LogP contribution is -2.19. The van der Waals surface area contributed by atoms with Crippen LogP contribution >= 0.6 is 0 Å². The Bertz CT molecular complexity index is 1360. The van der Waals surface area contributed by atoms with E-state index in [1.165, 1.54) is 0 Å². The van der Waals surface area contributed by atoms with Gasteiger partial charge in [0.15, 0.2) is 11.5 Å². The number of anilines is 2. The van der Waals surface area contributed by atoms with Crippen LogP contribution < -0.4 is 15.4 Å². The van der Waals surface area contributed by atoms with Crippen molar-refractivity contribution in [3.05, 3.63) is 60.3 Å². The topological polar surface area (TPSA) is 93.4 Å². The van der Waals surface area contributed by atoms with Crippen molar-refractivity contribution in [2.24, 2.45) is 12.0 Å². The number of nitrogens with one attached hydrogen (secondary N) is 2. The maximum absolute atomic E-state index is 12.4. The number of nitrogens with zero attached hydrogens (tertiary/aromatic N) is 4. The molecule has 8 nitrogen and oxygen atoms in total. The summed E-state index contributed by atoms with van der Waals surface area (Å²) in [5.41, 5.74) is 5.23. The summed E-state index contributed by atoms with van der Waals surface area (Å²) in [6.45, 7) is 3.68. The molecule has 0 radical (unpaired) electrons. The lowest BCUT2D eigenvalue weighted by molar-refractivity contribution is 0.262. The molecular weight excluding hydrogens is 416 g/mol. The van der Waals surface area contributed by atoms with Crippen molar-refractivity contribution >= 4 is 41.0 Å². The maximum Gasteiger partial charge on any atom is 0.323 e. The molecule has 2 aromatic heterocycles. The van der Waals surface area contributed by atoms with Crippen molar-refractivity contribution in [3.8, 4) is 16.9 Å². The number of benzene rings is 2. The summed E-state index contributed by atoms with van der Waals surface area (Å²) in [6, 6.07) is 16.7. The molecule has 0 unspecified atom stereocenters. The van der Waals surface area contributed by atoms with E-state index in [4.69, 9.17) is 9.72 Å². The Labute approximate surface area is 191 Å². The van der Waals surface area contributed by atoms with Crippen LogP contribution in [0.1, 0.15) is 24.5 Å². The van der Waals surface area contributed by atoms with Gasteiger partial charge in [-0.1, -0.05) is 18.2 Å². The lowest BCUT2D eigenvalue weighted by atomic mass is 10.0. The number of ether oxygens (including phenoxy) is 1. The second-order valence-corrected chi connectivity index (χ2v) is 8.06. The van der Waals surface area contributed by atoms with Crippen LogP contribution in [0.2, 0.25) is 0 Å². The first kappa shape index (κ1) is 20.7. The van der Waals surface area contributed by atoms with Crippen molar-refractivity contribution in [1.29, 1.82) is 0 Å². The minimum Gasteiger partial charge on any atom is -0.497 e. The zero-order valence-electron chi connectivity index (χ0n) is 18.5. The minimum absolute atomic E-state index is 0.330. The summed E-state index contributed by atoms with van der Waals surface area (Å²) in [4.78, 5) is 21.4. The number of carbonyl (C=O) groups is 1. The summed E-state index contributed by atoms with van der Waals surface area (Å²) in [6.07, 6.45) is 2.32. The number of hydrogen-bond donors (Lipinski definition) is 2. The number of aryl methyl sites for hydroxylation is 1. The Morgan fingerprint density at radius 1 is 1.12 bits per heavy atom. The molecule has 2 heterocycles. The van der Waals surface area contributed by atoms with Gasteiger partial charge < -0.3 is 15.4 Å². The van der Waals surface area contributed by atoms with Crippen LogP contribution in [0, 0.1) is 0 Å². The fraction of sp³-hybridized carbons (Fsp3) is 0.200. The van der Waals surface area contributed by atoms with E-state index in [-0.39, 0.29) is 6.03 Å². The van der Waals surface area contributed by atoms with Gasteiger partial charge in [0.1, 0.15) is 5.75 Å². The van der Waals surface area contributed by atoms with E-state index in [1.807, 2.05) is 43.4 Å². The average Bonchev–Trinajstić information content (AvgIpc) is 3.63. The molecule has 4 aromatic rings. The van der Waals surface area contributed by atoms with Crippen molar-refractivity contribution in [1.82, 2.24) is 14.8 Å². The van der Waals surface area contributed by atoms with Crippen LogP contribution in [-0.4, -0.2) is 34.6 Å². The van der Waals surface area contributed by atoms with Gasteiger partial charge in [-0.15, -0.1) is 0 Å². The first-order valence-electron chi connectivity index (χ1n) is 10.7. The molecule has 0 aliphatic heterocycles. The van der Waals surface area contributed by atoms with E-state index < -0.39 is 0 Å². The second-order valence-electron chi connectivity index (χ2n) is 8.06. The van der Waals surface area contributed by atoms with Gasteiger partial charge in [0.2, 0.25) is 0 Å². The number of carbonyl (C=O) groups excluding carboxylic acids is 1. The minimum atomic E-state index is -0.330. The number of fused-ring (bicyclic) bond motifs is 1. The van der Waals surface area contributed by atoms with E-state index in [9.17, 15) is 4.79 Å². The van der Waals surface area contributed by atoms with E-state index >= 15 is 0 Å². The number of methoxy groups -OCH3 is 1.